The first kappa shape index (κ1) is 12.6. The van der Waals surface area contributed by atoms with E-state index < -0.39 is 0 Å². The predicted molar refractivity (Wildman–Crippen MR) is 75.9 cm³/mol. The van der Waals surface area contributed by atoms with Gasteiger partial charge in [0.25, 0.3) is 0 Å². The molecule has 2 N–H and O–H groups in total. The molecule has 2 rings (SSSR count). The number of benzene rings is 1. The second kappa shape index (κ2) is 5.69. The smallest absolute Gasteiger partial charge is 0.0951 e. The lowest BCUT2D eigenvalue weighted by molar-refractivity contribution is 0.154. The zero-order valence-corrected chi connectivity index (χ0v) is 10.9. The van der Waals surface area contributed by atoms with E-state index in [9.17, 15) is 0 Å². The van der Waals surface area contributed by atoms with Crippen LogP contribution in [0.5, 0.6) is 0 Å². The Morgan fingerprint density at radius 1 is 1.33 bits per heavy atom. The monoisotopic (exact) mass is 245 g/mol. The van der Waals surface area contributed by atoms with Crippen LogP contribution in [0, 0.1) is 0 Å². The number of hydrogen-bond donors (Lipinski definition) is 1. The zero-order chi connectivity index (χ0) is 13.0. The average molecular weight is 245 g/mol. The van der Waals surface area contributed by atoms with Crippen molar-refractivity contribution < 1.29 is 4.74 Å². The molecule has 0 saturated carbocycles. The molecule has 0 fully saturated rings. The number of hydrogen-bond acceptors (Lipinski definition) is 4. The van der Waals surface area contributed by atoms with Gasteiger partial charge in [0, 0.05) is 37.5 Å². The van der Waals surface area contributed by atoms with Crippen molar-refractivity contribution >= 4 is 22.3 Å². The molecule has 0 radical (unpaired) electrons. The van der Waals surface area contributed by atoms with Crippen LogP contribution in [0.4, 0.5) is 11.4 Å². The van der Waals surface area contributed by atoms with Crippen molar-refractivity contribution in [3.63, 3.8) is 0 Å². The van der Waals surface area contributed by atoms with Crippen molar-refractivity contribution in [1.29, 1.82) is 0 Å². The van der Waals surface area contributed by atoms with Crippen LogP contribution in [0.15, 0.2) is 30.5 Å². The van der Waals surface area contributed by atoms with Gasteiger partial charge in [-0.2, -0.15) is 0 Å². The molecule has 0 amide bonds. The van der Waals surface area contributed by atoms with Gasteiger partial charge in [-0.05, 0) is 31.2 Å². The van der Waals surface area contributed by atoms with E-state index in [0.29, 0.717) is 5.69 Å². The molecule has 0 atom stereocenters. The van der Waals surface area contributed by atoms with Crippen molar-refractivity contribution in [3.8, 4) is 0 Å². The fourth-order valence-electron chi connectivity index (χ4n) is 1.98. The summed E-state index contributed by atoms with van der Waals surface area (Å²) in [5, 5.41) is 1.08. The minimum absolute atomic E-state index is 0.715. The second-order valence-corrected chi connectivity index (χ2v) is 4.19. The van der Waals surface area contributed by atoms with E-state index in [1.54, 1.807) is 6.20 Å². The van der Waals surface area contributed by atoms with Crippen LogP contribution in [-0.2, 0) is 4.74 Å². The van der Waals surface area contributed by atoms with Crippen LogP contribution in [-0.4, -0.2) is 31.8 Å². The Hall–Kier alpha value is -1.81. The van der Waals surface area contributed by atoms with Gasteiger partial charge in [0.15, 0.2) is 0 Å². The maximum absolute atomic E-state index is 5.94. The number of rotatable bonds is 5. The molecule has 1 aromatic carbocycles. The average Bonchev–Trinajstić information content (AvgIpc) is 2.39. The van der Waals surface area contributed by atoms with Crippen LogP contribution in [0.3, 0.4) is 0 Å². The Kier molecular flexibility index (Phi) is 3.99. The van der Waals surface area contributed by atoms with E-state index in [4.69, 9.17) is 10.5 Å². The number of anilines is 2. The fraction of sp³-hybridized carbons (Fsp3) is 0.357. The number of pyridine rings is 1. The quantitative estimate of drug-likeness (QED) is 0.648. The Morgan fingerprint density at radius 2 is 2.17 bits per heavy atom. The summed E-state index contributed by atoms with van der Waals surface area (Å²) in [4.78, 5) is 6.50. The number of aromatic nitrogens is 1. The SMILES string of the molecule is CCOCCN(C)c1ccc(N)c2ncccc12. The van der Waals surface area contributed by atoms with Gasteiger partial charge < -0.3 is 15.4 Å². The molecule has 0 aliphatic rings. The standard InChI is InChI=1S/C14H19N3O/c1-3-18-10-9-17(2)13-7-6-12(15)14-11(13)5-4-8-16-14/h4-8H,3,9-10,15H2,1-2H3. The number of nitrogens with zero attached hydrogens (tertiary/aromatic N) is 2. The summed E-state index contributed by atoms with van der Waals surface area (Å²) in [5.74, 6) is 0. The van der Waals surface area contributed by atoms with Gasteiger partial charge in [-0.1, -0.05) is 0 Å². The molecule has 96 valence electrons. The first-order chi connectivity index (χ1) is 8.74. The summed E-state index contributed by atoms with van der Waals surface area (Å²) in [6.07, 6.45) is 1.77. The van der Waals surface area contributed by atoms with E-state index in [1.165, 1.54) is 0 Å². The minimum atomic E-state index is 0.715. The summed E-state index contributed by atoms with van der Waals surface area (Å²) in [6.45, 7) is 4.32. The first-order valence-corrected chi connectivity index (χ1v) is 6.16. The van der Waals surface area contributed by atoms with Gasteiger partial charge in [0.1, 0.15) is 0 Å². The maximum Gasteiger partial charge on any atom is 0.0951 e. The molecule has 4 heteroatoms. The van der Waals surface area contributed by atoms with Crippen molar-refractivity contribution in [2.24, 2.45) is 0 Å². The molecule has 0 spiro atoms. The Balaban J connectivity index is 2.30. The van der Waals surface area contributed by atoms with Crippen molar-refractivity contribution in [2.75, 3.05) is 37.4 Å². The lowest BCUT2D eigenvalue weighted by Gasteiger charge is -2.21. The van der Waals surface area contributed by atoms with E-state index >= 15 is 0 Å². The van der Waals surface area contributed by atoms with Gasteiger partial charge >= 0.3 is 0 Å². The molecular formula is C14H19N3O. The number of likely N-dealkylation sites (N-methyl/N-ethyl adjacent to an activating group) is 1. The topological polar surface area (TPSA) is 51.4 Å². The molecule has 4 nitrogen and oxygen atoms in total. The van der Waals surface area contributed by atoms with Crippen LogP contribution >= 0.6 is 0 Å². The van der Waals surface area contributed by atoms with Gasteiger partial charge in [-0.3, -0.25) is 4.98 Å². The van der Waals surface area contributed by atoms with E-state index in [0.717, 1.165) is 36.3 Å². The van der Waals surface area contributed by atoms with Gasteiger partial charge in [0.05, 0.1) is 17.8 Å². The Morgan fingerprint density at radius 3 is 2.94 bits per heavy atom. The molecule has 1 heterocycles. The number of nitrogens with two attached hydrogens (primary N) is 1. The van der Waals surface area contributed by atoms with Crippen molar-refractivity contribution in [2.45, 2.75) is 6.92 Å². The zero-order valence-electron chi connectivity index (χ0n) is 10.9. The van der Waals surface area contributed by atoms with E-state index in [-0.39, 0.29) is 0 Å². The molecule has 0 saturated heterocycles. The number of ether oxygens (including phenoxy) is 1. The highest BCUT2D eigenvalue weighted by molar-refractivity contribution is 5.98. The molecule has 0 aliphatic carbocycles. The molecule has 1 aromatic heterocycles. The molecule has 0 unspecified atom stereocenters. The normalized spacial score (nSPS) is 10.8. The van der Waals surface area contributed by atoms with E-state index in [2.05, 4.69) is 16.9 Å². The Labute approximate surface area is 107 Å². The van der Waals surface area contributed by atoms with Crippen LogP contribution in [0.2, 0.25) is 0 Å². The highest BCUT2D eigenvalue weighted by Crippen LogP contribution is 2.28. The largest absolute Gasteiger partial charge is 0.397 e. The summed E-state index contributed by atoms with van der Waals surface area (Å²) < 4.78 is 5.38. The third-order valence-corrected chi connectivity index (χ3v) is 2.96. The Bertz CT molecular complexity index is 527. The van der Waals surface area contributed by atoms with Crippen LogP contribution in [0.25, 0.3) is 10.9 Å². The summed E-state index contributed by atoms with van der Waals surface area (Å²) in [6, 6.07) is 7.92. The summed E-state index contributed by atoms with van der Waals surface area (Å²) >= 11 is 0. The third kappa shape index (κ3) is 2.54. The van der Waals surface area contributed by atoms with Gasteiger partial charge in [-0.15, -0.1) is 0 Å². The van der Waals surface area contributed by atoms with Gasteiger partial charge in [-0.25, -0.2) is 0 Å². The maximum atomic E-state index is 5.94. The second-order valence-electron chi connectivity index (χ2n) is 4.19. The number of fused-ring (bicyclic) bond motifs is 1. The molecule has 18 heavy (non-hydrogen) atoms. The third-order valence-electron chi connectivity index (χ3n) is 2.96. The number of nitrogen functional groups attached to an aromatic ring is 1. The first-order valence-electron chi connectivity index (χ1n) is 6.16. The summed E-state index contributed by atoms with van der Waals surface area (Å²) in [7, 11) is 2.05. The van der Waals surface area contributed by atoms with Crippen LogP contribution < -0.4 is 10.6 Å². The lowest BCUT2D eigenvalue weighted by Crippen LogP contribution is -2.22. The highest BCUT2D eigenvalue weighted by Gasteiger charge is 2.08. The van der Waals surface area contributed by atoms with Gasteiger partial charge in [0.2, 0.25) is 0 Å². The predicted octanol–water partition coefficient (Wildman–Crippen LogP) is 2.29. The molecule has 2 aromatic rings. The lowest BCUT2D eigenvalue weighted by atomic mass is 10.1. The van der Waals surface area contributed by atoms with Crippen molar-refractivity contribution in [3.05, 3.63) is 30.5 Å². The fourth-order valence-corrected chi connectivity index (χ4v) is 1.98. The molecule has 0 bridgehead atoms. The molecular weight excluding hydrogens is 226 g/mol. The van der Waals surface area contributed by atoms with Crippen molar-refractivity contribution in [1.82, 2.24) is 4.98 Å². The molecule has 0 aliphatic heterocycles. The summed E-state index contributed by atoms with van der Waals surface area (Å²) in [5.41, 5.74) is 8.65. The van der Waals surface area contributed by atoms with Crippen LogP contribution in [0.1, 0.15) is 6.92 Å². The van der Waals surface area contributed by atoms with E-state index in [1.807, 2.05) is 31.2 Å². The minimum Gasteiger partial charge on any atom is -0.397 e. The highest BCUT2D eigenvalue weighted by atomic mass is 16.5.